The zero-order chi connectivity index (χ0) is 24.6. The first kappa shape index (κ1) is 26.2. The Morgan fingerprint density at radius 2 is 1.61 bits per heavy atom. The predicted octanol–water partition coefficient (Wildman–Crippen LogP) is 7.45. The summed E-state index contributed by atoms with van der Waals surface area (Å²) in [6, 6.07) is 11.1. The Balaban J connectivity index is 2.37. The van der Waals surface area contributed by atoms with Crippen molar-refractivity contribution in [1.82, 2.24) is 0 Å². The normalized spacial score (nSPS) is 12.0. The summed E-state index contributed by atoms with van der Waals surface area (Å²) in [4.78, 5) is 12.7. The van der Waals surface area contributed by atoms with E-state index in [2.05, 4.69) is 19.6 Å². The highest BCUT2D eigenvalue weighted by Crippen LogP contribution is 2.38. The van der Waals surface area contributed by atoms with Crippen molar-refractivity contribution in [2.45, 2.75) is 72.5 Å². The van der Waals surface area contributed by atoms with Gasteiger partial charge in [0.05, 0.1) is 0 Å². The Kier molecular flexibility index (Phi) is 8.92. The number of carbonyl (C=O) groups excluding carboxylic acids is 1. The zero-order valence-corrected chi connectivity index (χ0v) is 21.2. The van der Waals surface area contributed by atoms with E-state index in [0.29, 0.717) is 23.7 Å². The van der Waals surface area contributed by atoms with Crippen LogP contribution in [0, 0.1) is 0 Å². The lowest BCUT2D eigenvalue weighted by molar-refractivity contribution is 0.0946. The summed E-state index contributed by atoms with van der Waals surface area (Å²) < 4.78 is 18.1. The molecular formula is C29H38O4. The smallest absolute Gasteiger partial charge is 0.185 e. The fourth-order valence-corrected chi connectivity index (χ4v) is 3.20. The maximum Gasteiger partial charge on any atom is 0.185 e. The molecule has 0 aliphatic carbocycles. The lowest BCUT2D eigenvalue weighted by atomic mass is 10.0. The van der Waals surface area contributed by atoms with E-state index in [1.165, 1.54) is 0 Å². The average molecular weight is 451 g/mol. The number of rotatable bonds is 10. The van der Waals surface area contributed by atoms with Gasteiger partial charge < -0.3 is 14.2 Å². The molecule has 2 aromatic carbocycles. The lowest BCUT2D eigenvalue weighted by Crippen LogP contribution is -2.27. The maximum absolute atomic E-state index is 12.7. The van der Waals surface area contributed by atoms with Gasteiger partial charge in [0.15, 0.2) is 17.3 Å². The number of hydrogen-bond acceptors (Lipinski definition) is 4. The summed E-state index contributed by atoms with van der Waals surface area (Å²) >= 11 is 0. The Bertz CT molecular complexity index is 970. The van der Waals surface area contributed by atoms with E-state index >= 15 is 0 Å². The van der Waals surface area contributed by atoms with E-state index in [4.69, 9.17) is 14.2 Å². The minimum Gasteiger partial charge on any atom is -0.490 e. The van der Waals surface area contributed by atoms with E-state index in [1.54, 1.807) is 36.4 Å². The second-order valence-corrected chi connectivity index (χ2v) is 10.0. The summed E-state index contributed by atoms with van der Waals surface area (Å²) in [6.07, 6.45) is 6.94. The molecule has 0 radical (unpaired) electrons. The van der Waals surface area contributed by atoms with Crippen molar-refractivity contribution in [3.8, 4) is 17.2 Å². The Morgan fingerprint density at radius 1 is 0.970 bits per heavy atom. The van der Waals surface area contributed by atoms with Crippen molar-refractivity contribution in [1.29, 1.82) is 0 Å². The molecule has 0 saturated heterocycles. The molecule has 0 heterocycles. The third-order valence-electron chi connectivity index (χ3n) is 4.43. The number of aryl methyl sites for hydroxylation is 1. The molecule has 0 aliphatic rings. The van der Waals surface area contributed by atoms with Gasteiger partial charge in [-0.25, -0.2) is 0 Å². The summed E-state index contributed by atoms with van der Waals surface area (Å²) in [6.45, 7) is 18.3. The van der Waals surface area contributed by atoms with E-state index < -0.39 is 0 Å². The Morgan fingerprint density at radius 3 is 2.15 bits per heavy atom. The van der Waals surface area contributed by atoms with Crippen LogP contribution in [0.25, 0.3) is 6.08 Å². The van der Waals surface area contributed by atoms with Gasteiger partial charge in [-0.3, -0.25) is 4.79 Å². The number of allylic oxidation sites excluding steroid dienone is 1. The molecule has 178 valence electrons. The number of benzene rings is 2. The molecule has 2 rings (SSSR count). The van der Waals surface area contributed by atoms with Gasteiger partial charge in [-0.15, -0.1) is 0 Å². The molecule has 0 spiro atoms. The van der Waals surface area contributed by atoms with Crippen molar-refractivity contribution in [3.05, 3.63) is 71.8 Å². The number of ether oxygens (including phenoxy) is 3. The molecule has 2 aromatic rings. The fourth-order valence-electron chi connectivity index (χ4n) is 3.20. The molecule has 0 unspecified atom stereocenters. The second kappa shape index (κ2) is 11.2. The van der Waals surface area contributed by atoms with Crippen LogP contribution in [0.2, 0.25) is 0 Å². The van der Waals surface area contributed by atoms with Gasteiger partial charge >= 0.3 is 0 Å². The number of carbonyl (C=O) groups is 1. The van der Waals surface area contributed by atoms with Crippen molar-refractivity contribution < 1.29 is 19.0 Å². The Labute approximate surface area is 199 Å². The zero-order valence-electron chi connectivity index (χ0n) is 21.2. The highest BCUT2D eigenvalue weighted by atomic mass is 16.5. The van der Waals surface area contributed by atoms with Crippen LogP contribution in [0.4, 0.5) is 0 Å². The largest absolute Gasteiger partial charge is 0.490 e. The van der Waals surface area contributed by atoms with Crippen molar-refractivity contribution >= 4 is 11.9 Å². The van der Waals surface area contributed by atoms with Crippen LogP contribution in [-0.4, -0.2) is 23.6 Å². The van der Waals surface area contributed by atoms with Crippen LogP contribution >= 0.6 is 0 Å². The van der Waals surface area contributed by atoms with Gasteiger partial charge in [0.25, 0.3) is 0 Å². The summed E-state index contributed by atoms with van der Waals surface area (Å²) in [5.41, 5.74) is 1.84. The third kappa shape index (κ3) is 8.80. The first-order valence-corrected chi connectivity index (χ1v) is 11.5. The highest BCUT2D eigenvalue weighted by molar-refractivity contribution is 6.06. The molecular weight excluding hydrogens is 412 g/mol. The molecule has 0 aromatic heterocycles. The van der Waals surface area contributed by atoms with Crippen LogP contribution in [0.1, 0.15) is 76.4 Å². The van der Waals surface area contributed by atoms with Gasteiger partial charge in [0.2, 0.25) is 0 Å². The minimum atomic E-state index is -0.382. The molecule has 0 aliphatic heterocycles. The van der Waals surface area contributed by atoms with Gasteiger partial charge in [0.1, 0.15) is 23.6 Å². The van der Waals surface area contributed by atoms with Gasteiger partial charge in [0, 0.05) is 5.56 Å². The molecule has 0 atom stereocenters. The number of hydrogen-bond donors (Lipinski definition) is 0. The first-order chi connectivity index (χ1) is 15.4. The SMILES string of the molecule is C=CCOc1ccc(C(=O)/C=C/c2cc(CCC)c(OC(C)(C)C)c(OC(C)(C)C)c2)cc1. The summed E-state index contributed by atoms with van der Waals surface area (Å²) in [5, 5.41) is 0. The molecule has 4 heteroatoms. The quantitative estimate of drug-likeness (QED) is 0.214. The van der Waals surface area contributed by atoms with Gasteiger partial charge in [-0.1, -0.05) is 32.1 Å². The lowest BCUT2D eigenvalue weighted by Gasteiger charge is -2.29. The van der Waals surface area contributed by atoms with Crippen LogP contribution in [0.15, 0.2) is 55.1 Å². The third-order valence-corrected chi connectivity index (χ3v) is 4.43. The molecule has 33 heavy (non-hydrogen) atoms. The van der Waals surface area contributed by atoms with E-state index in [1.807, 2.05) is 53.7 Å². The van der Waals surface area contributed by atoms with Gasteiger partial charge in [-0.05, 0) is 102 Å². The standard InChI is InChI=1S/C29H38O4/c1-9-11-23-19-21(20-26(32-28(3,4)5)27(23)33-29(6,7)8)12-17-25(30)22-13-15-24(16-14-22)31-18-10-2/h10,12-17,19-20H,2,9,11,18H2,1,3-8H3/b17-12+. The minimum absolute atomic E-state index is 0.0735. The average Bonchev–Trinajstić information content (AvgIpc) is 2.71. The molecule has 0 fully saturated rings. The summed E-state index contributed by atoms with van der Waals surface area (Å²) in [7, 11) is 0. The number of ketones is 1. The second-order valence-electron chi connectivity index (χ2n) is 10.0. The highest BCUT2D eigenvalue weighted by Gasteiger charge is 2.23. The molecule has 0 N–H and O–H groups in total. The monoisotopic (exact) mass is 450 g/mol. The molecule has 0 bridgehead atoms. The van der Waals surface area contributed by atoms with Crippen molar-refractivity contribution in [3.63, 3.8) is 0 Å². The van der Waals surface area contributed by atoms with E-state index in [0.717, 1.165) is 29.7 Å². The Hall–Kier alpha value is -3.01. The maximum atomic E-state index is 12.7. The topological polar surface area (TPSA) is 44.8 Å². The molecule has 0 saturated carbocycles. The first-order valence-electron chi connectivity index (χ1n) is 11.5. The van der Waals surface area contributed by atoms with Crippen LogP contribution in [-0.2, 0) is 6.42 Å². The summed E-state index contributed by atoms with van der Waals surface area (Å²) in [5.74, 6) is 2.10. The van der Waals surface area contributed by atoms with Gasteiger partial charge in [-0.2, -0.15) is 0 Å². The molecule has 0 amide bonds. The van der Waals surface area contributed by atoms with Crippen molar-refractivity contribution in [2.24, 2.45) is 0 Å². The van der Waals surface area contributed by atoms with E-state index in [9.17, 15) is 4.79 Å². The van der Waals surface area contributed by atoms with Crippen molar-refractivity contribution in [2.75, 3.05) is 6.61 Å². The van der Waals surface area contributed by atoms with Crippen LogP contribution in [0.3, 0.4) is 0 Å². The fraction of sp³-hybridized carbons (Fsp3) is 0.414. The predicted molar refractivity (Wildman–Crippen MR) is 137 cm³/mol. The van der Waals surface area contributed by atoms with Crippen LogP contribution < -0.4 is 14.2 Å². The van der Waals surface area contributed by atoms with E-state index in [-0.39, 0.29) is 17.0 Å². The molecule has 4 nitrogen and oxygen atoms in total. The van der Waals surface area contributed by atoms with Crippen LogP contribution in [0.5, 0.6) is 17.2 Å².